The predicted octanol–water partition coefficient (Wildman–Crippen LogP) is 3.04. The number of fused-ring (bicyclic) bond motifs is 1. The first-order chi connectivity index (χ1) is 12.7. The number of hydrogen-bond acceptors (Lipinski definition) is 3. The van der Waals surface area contributed by atoms with E-state index in [1.807, 2.05) is 48.5 Å². The van der Waals surface area contributed by atoms with E-state index in [1.54, 1.807) is 7.11 Å². The van der Waals surface area contributed by atoms with Crippen molar-refractivity contribution in [3.63, 3.8) is 0 Å². The molecule has 26 heavy (non-hydrogen) atoms. The third kappa shape index (κ3) is 4.49. The van der Waals surface area contributed by atoms with E-state index in [4.69, 9.17) is 4.74 Å². The third-order valence-electron chi connectivity index (χ3n) is 4.73. The highest BCUT2D eigenvalue weighted by Crippen LogP contribution is 2.27. The van der Waals surface area contributed by atoms with Gasteiger partial charge in [0.25, 0.3) is 0 Å². The van der Waals surface area contributed by atoms with Crippen LogP contribution in [-0.2, 0) is 33.9 Å². The van der Waals surface area contributed by atoms with Crippen molar-refractivity contribution >= 4 is 17.5 Å². The molecule has 0 saturated heterocycles. The van der Waals surface area contributed by atoms with Gasteiger partial charge in [0.2, 0.25) is 11.8 Å². The number of benzene rings is 2. The SMILES string of the molecule is COCc1ccccc1CNC(=O)CCC1Cc2ccccc2NC1=O. The predicted molar refractivity (Wildman–Crippen MR) is 101 cm³/mol. The van der Waals surface area contributed by atoms with Crippen LogP contribution in [0.15, 0.2) is 48.5 Å². The third-order valence-corrected chi connectivity index (χ3v) is 4.73. The van der Waals surface area contributed by atoms with Crippen molar-refractivity contribution < 1.29 is 14.3 Å². The molecule has 1 heterocycles. The lowest BCUT2D eigenvalue weighted by atomic mass is 9.89. The molecule has 5 nitrogen and oxygen atoms in total. The van der Waals surface area contributed by atoms with Crippen molar-refractivity contribution in [3.05, 3.63) is 65.2 Å². The van der Waals surface area contributed by atoms with Crippen LogP contribution in [0.25, 0.3) is 0 Å². The molecule has 3 rings (SSSR count). The Balaban J connectivity index is 1.50. The smallest absolute Gasteiger partial charge is 0.227 e. The maximum Gasteiger partial charge on any atom is 0.227 e. The van der Waals surface area contributed by atoms with Crippen molar-refractivity contribution in [2.24, 2.45) is 5.92 Å². The van der Waals surface area contributed by atoms with Gasteiger partial charge in [0.15, 0.2) is 0 Å². The molecule has 0 aliphatic carbocycles. The minimum Gasteiger partial charge on any atom is -0.380 e. The molecule has 2 aromatic carbocycles. The van der Waals surface area contributed by atoms with Crippen LogP contribution >= 0.6 is 0 Å². The Morgan fingerprint density at radius 2 is 1.88 bits per heavy atom. The Morgan fingerprint density at radius 1 is 1.15 bits per heavy atom. The molecular weight excluding hydrogens is 328 g/mol. The molecule has 136 valence electrons. The number of anilines is 1. The van der Waals surface area contributed by atoms with E-state index in [0.29, 0.717) is 32.4 Å². The van der Waals surface area contributed by atoms with Crippen LogP contribution in [0.2, 0.25) is 0 Å². The Labute approximate surface area is 153 Å². The van der Waals surface area contributed by atoms with E-state index in [9.17, 15) is 9.59 Å². The molecule has 1 aliphatic heterocycles. The van der Waals surface area contributed by atoms with Gasteiger partial charge in [-0.25, -0.2) is 0 Å². The highest BCUT2D eigenvalue weighted by Gasteiger charge is 2.26. The van der Waals surface area contributed by atoms with Gasteiger partial charge in [0.05, 0.1) is 6.61 Å². The molecule has 5 heteroatoms. The lowest BCUT2D eigenvalue weighted by Crippen LogP contribution is -2.31. The fourth-order valence-electron chi connectivity index (χ4n) is 3.26. The normalized spacial score (nSPS) is 15.9. The zero-order chi connectivity index (χ0) is 18.4. The van der Waals surface area contributed by atoms with Crippen molar-refractivity contribution in [3.8, 4) is 0 Å². The molecule has 1 atom stereocenters. The fourth-order valence-corrected chi connectivity index (χ4v) is 3.26. The molecule has 1 unspecified atom stereocenters. The first kappa shape index (κ1) is 18.1. The minimum absolute atomic E-state index is 0.00180. The minimum atomic E-state index is -0.156. The van der Waals surface area contributed by atoms with Crippen LogP contribution in [0.4, 0.5) is 5.69 Å². The standard InChI is InChI=1S/C21H24N2O3/c1-26-14-18-8-3-2-7-17(18)13-22-20(24)11-10-16-12-15-6-4-5-9-19(15)23-21(16)25/h2-9,16H,10-14H2,1H3,(H,22,24)(H,23,25). The summed E-state index contributed by atoms with van der Waals surface area (Å²) in [6.07, 6.45) is 1.57. The zero-order valence-corrected chi connectivity index (χ0v) is 15.0. The molecule has 2 N–H and O–H groups in total. The summed E-state index contributed by atoms with van der Waals surface area (Å²) in [5.41, 5.74) is 4.13. The number of nitrogens with one attached hydrogen (secondary N) is 2. The summed E-state index contributed by atoms with van der Waals surface area (Å²) in [6.45, 7) is 0.992. The number of ether oxygens (including phenoxy) is 1. The Morgan fingerprint density at radius 3 is 2.69 bits per heavy atom. The molecule has 2 amide bonds. The van der Waals surface area contributed by atoms with E-state index in [1.165, 1.54) is 0 Å². The van der Waals surface area contributed by atoms with Crippen LogP contribution < -0.4 is 10.6 Å². The fraction of sp³-hybridized carbons (Fsp3) is 0.333. The van der Waals surface area contributed by atoms with E-state index < -0.39 is 0 Å². The Hall–Kier alpha value is -2.66. The molecular formula is C21H24N2O3. The van der Waals surface area contributed by atoms with Gasteiger partial charge >= 0.3 is 0 Å². The average Bonchev–Trinajstić information content (AvgIpc) is 2.66. The molecule has 1 aliphatic rings. The van der Waals surface area contributed by atoms with Crippen LogP contribution in [0.3, 0.4) is 0 Å². The second-order valence-corrected chi connectivity index (χ2v) is 6.56. The van der Waals surface area contributed by atoms with Crippen LogP contribution in [0.5, 0.6) is 0 Å². The molecule has 0 bridgehead atoms. The van der Waals surface area contributed by atoms with Gasteiger partial charge in [-0.2, -0.15) is 0 Å². The van der Waals surface area contributed by atoms with Gasteiger partial charge in [-0.3, -0.25) is 9.59 Å². The number of para-hydroxylation sites is 1. The summed E-state index contributed by atoms with van der Waals surface area (Å²) in [5.74, 6) is -0.192. The summed E-state index contributed by atoms with van der Waals surface area (Å²) < 4.78 is 5.19. The Bertz CT molecular complexity index is 788. The van der Waals surface area contributed by atoms with Gasteiger partial charge in [-0.1, -0.05) is 42.5 Å². The Kier molecular flexibility index (Phi) is 6.02. The summed E-state index contributed by atoms with van der Waals surface area (Å²) in [7, 11) is 1.66. The number of hydrogen-bond donors (Lipinski definition) is 2. The quantitative estimate of drug-likeness (QED) is 0.805. The first-order valence-corrected chi connectivity index (χ1v) is 8.88. The monoisotopic (exact) mass is 352 g/mol. The second-order valence-electron chi connectivity index (χ2n) is 6.56. The lowest BCUT2D eigenvalue weighted by molar-refractivity contribution is -0.122. The van der Waals surface area contributed by atoms with Crippen molar-refractivity contribution in [2.45, 2.75) is 32.4 Å². The van der Waals surface area contributed by atoms with Crippen molar-refractivity contribution in [2.75, 3.05) is 12.4 Å². The number of rotatable bonds is 7. The highest BCUT2D eigenvalue weighted by atomic mass is 16.5. The summed E-state index contributed by atoms with van der Waals surface area (Å²) in [4.78, 5) is 24.4. The average molecular weight is 352 g/mol. The van der Waals surface area contributed by atoms with Gasteiger partial charge in [0.1, 0.15) is 0 Å². The largest absolute Gasteiger partial charge is 0.380 e. The van der Waals surface area contributed by atoms with E-state index in [-0.39, 0.29) is 17.7 Å². The van der Waals surface area contributed by atoms with Crippen molar-refractivity contribution in [1.82, 2.24) is 5.32 Å². The first-order valence-electron chi connectivity index (χ1n) is 8.88. The summed E-state index contributed by atoms with van der Waals surface area (Å²) in [5, 5.41) is 5.87. The number of carbonyl (C=O) groups is 2. The lowest BCUT2D eigenvalue weighted by Gasteiger charge is -2.24. The number of methoxy groups -OCH3 is 1. The molecule has 0 radical (unpaired) electrons. The second kappa shape index (κ2) is 8.63. The zero-order valence-electron chi connectivity index (χ0n) is 15.0. The molecule has 0 fully saturated rings. The maximum atomic E-state index is 12.2. The number of amides is 2. The van der Waals surface area contributed by atoms with Crippen molar-refractivity contribution in [1.29, 1.82) is 0 Å². The highest BCUT2D eigenvalue weighted by molar-refractivity contribution is 5.96. The maximum absolute atomic E-state index is 12.2. The van der Waals surface area contributed by atoms with Gasteiger partial charge < -0.3 is 15.4 Å². The molecule has 0 spiro atoms. The topological polar surface area (TPSA) is 67.4 Å². The van der Waals surface area contributed by atoms with Gasteiger partial charge in [0, 0.05) is 31.7 Å². The van der Waals surface area contributed by atoms with E-state index in [2.05, 4.69) is 10.6 Å². The summed E-state index contributed by atoms with van der Waals surface area (Å²) in [6, 6.07) is 15.7. The van der Waals surface area contributed by atoms with E-state index in [0.717, 1.165) is 22.4 Å². The van der Waals surface area contributed by atoms with Gasteiger partial charge in [-0.05, 0) is 35.6 Å². The number of carbonyl (C=O) groups excluding carboxylic acids is 2. The van der Waals surface area contributed by atoms with Gasteiger partial charge in [-0.15, -0.1) is 0 Å². The van der Waals surface area contributed by atoms with Crippen LogP contribution in [0, 0.1) is 5.92 Å². The van der Waals surface area contributed by atoms with Crippen LogP contribution in [0.1, 0.15) is 29.5 Å². The van der Waals surface area contributed by atoms with E-state index >= 15 is 0 Å². The molecule has 0 saturated carbocycles. The molecule has 2 aromatic rings. The van der Waals surface area contributed by atoms with Crippen LogP contribution in [-0.4, -0.2) is 18.9 Å². The molecule has 0 aromatic heterocycles. The summed E-state index contributed by atoms with van der Waals surface area (Å²) >= 11 is 0.